The third-order valence-electron chi connectivity index (χ3n) is 2.66. The molecule has 0 aliphatic carbocycles. The highest BCUT2D eigenvalue weighted by Crippen LogP contribution is 2.24. The molecule has 94 valence electrons. The normalized spacial score (nSPS) is 12.4. The molecule has 2 aromatic rings. The van der Waals surface area contributed by atoms with Crippen LogP contribution in [0.1, 0.15) is 17.2 Å². The van der Waals surface area contributed by atoms with Gasteiger partial charge in [-0.05, 0) is 30.2 Å². The number of benzene rings is 1. The lowest BCUT2D eigenvalue weighted by Crippen LogP contribution is -2.14. The van der Waals surface area contributed by atoms with E-state index in [1.165, 1.54) is 6.07 Å². The van der Waals surface area contributed by atoms with Gasteiger partial charge in [0.25, 0.3) is 0 Å². The maximum Gasteiger partial charge on any atom is 0.129 e. The molecule has 0 spiro atoms. The number of hydrogen-bond acceptors (Lipinski definition) is 2. The molecule has 0 fully saturated rings. The molecular weight excluding hydrogens is 274 g/mol. The first-order valence-corrected chi connectivity index (χ1v) is 6.13. The van der Waals surface area contributed by atoms with Crippen LogP contribution < -0.4 is 5.73 Å². The monoisotopic (exact) mass is 284 g/mol. The Labute approximate surface area is 115 Å². The van der Waals surface area contributed by atoms with Crippen LogP contribution in [0.3, 0.4) is 0 Å². The highest BCUT2D eigenvalue weighted by molar-refractivity contribution is 6.31. The third-order valence-corrected chi connectivity index (χ3v) is 3.24. The Kier molecular flexibility index (Phi) is 4.17. The number of halogens is 3. The van der Waals surface area contributed by atoms with Crippen LogP contribution in [-0.4, -0.2) is 4.98 Å². The smallest absolute Gasteiger partial charge is 0.129 e. The van der Waals surface area contributed by atoms with Crippen molar-refractivity contribution in [3.8, 4) is 0 Å². The minimum atomic E-state index is -0.371. The van der Waals surface area contributed by atoms with Crippen LogP contribution in [-0.2, 0) is 6.42 Å². The molecule has 1 aromatic carbocycles. The highest BCUT2D eigenvalue weighted by Gasteiger charge is 2.13. The minimum Gasteiger partial charge on any atom is -0.324 e. The van der Waals surface area contributed by atoms with Gasteiger partial charge in [-0.1, -0.05) is 35.3 Å². The average molecular weight is 285 g/mol. The summed E-state index contributed by atoms with van der Waals surface area (Å²) in [6.45, 7) is 0. The second kappa shape index (κ2) is 5.65. The number of hydrogen-bond donors (Lipinski definition) is 1. The van der Waals surface area contributed by atoms with E-state index in [2.05, 4.69) is 4.98 Å². The summed E-state index contributed by atoms with van der Waals surface area (Å²) in [6.07, 6.45) is 1.90. The number of aromatic nitrogens is 1. The van der Waals surface area contributed by atoms with Crippen LogP contribution in [0.5, 0.6) is 0 Å². The fourth-order valence-electron chi connectivity index (χ4n) is 1.67. The van der Waals surface area contributed by atoms with Crippen molar-refractivity contribution in [2.75, 3.05) is 0 Å². The molecule has 2 N–H and O–H groups in total. The van der Waals surface area contributed by atoms with Gasteiger partial charge in [-0.3, -0.25) is 0 Å². The first-order valence-electron chi connectivity index (χ1n) is 5.38. The molecule has 1 unspecified atom stereocenters. The van der Waals surface area contributed by atoms with Crippen molar-refractivity contribution in [2.45, 2.75) is 12.5 Å². The van der Waals surface area contributed by atoms with Gasteiger partial charge < -0.3 is 5.73 Å². The molecule has 0 amide bonds. The second-order valence-corrected chi connectivity index (χ2v) is 4.72. The van der Waals surface area contributed by atoms with E-state index < -0.39 is 0 Å². The summed E-state index contributed by atoms with van der Waals surface area (Å²) < 4.78 is 13.6. The van der Waals surface area contributed by atoms with Gasteiger partial charge in [-0.15, -0.1) is 0 Å². The Morgan fingerprint density at radius 3 is 2.61 bits per heavy atom. The van der Waals surface area contributed by atoms with Crippen molar-refractivity contribution in [2.24, 2.45) is 5.73 Å². The van der Waals surface area contributed by atoms with Crippen LogP contribution in [0.25, 0.3) is 0 Å². The molecule has 0 aliphatic rings. The number of nitrogens with zero attached hydrogens (tertiary/aromatic N) is 1. The molecule has 2 rings (SSSR count). The van der Waals surface area contributed by atoms with Gasteiger partial charge >= 0.3 is 0 Å². The van der Waals surface area contributed by atoms with Crippen LogP contribution in [0.2, 0.25) is 10.2 Å². The zero-order valence-corrected chi connectivity index (χ0v) is 10.9. The van der Waals surface area contributed by atoms with Gasteiger partial charge in [0.05, 0.1) is 0 Å². The predicted octanol–water partition coefficient (Wildman–Crippen LogP) is 3.77. The molecule has 1 heterocycles. The minimum absolute atomic E-state index is 0.314. The van der Waals surface area contributed by atoms with Crippen molar-refractivity contribution in [1.29, 1.82) is 0 Å². The van der Waals surface area contributed by atoms with Crippen LogP contribution in [0.15, 0.2) is 36.5 Å². The second-order valence-electron chi connectivity index (χ2n) is 3.93. The summed E-state index contributed by atoms with van der Waals surface area (Å²) in [5.41, 5.74) is 7.22. The van der Waals surface area contributed by atoms with E-state index in [0.717, 1.165) is 5.56 Å². The highest BCUT2D eigenvalue weighted by atomic mass is 35.5. The van der Waals surface area contributed by atoms with Gasteiger partial charge in [-0.2, -0.15) is 0 Å². The largest absolute Gasteiger partial charge is 0.324 e. The van der Waals surface area contributed by atoms with E-state index in [1.807, 2.05) is 0 Å². The summed E-state index contributed by atoms with van der Waals surface area (Å²) in [5, 5.41) is 0.780. The Balaban J connectivity index is 2.21. The number of rotatable bonds is 3. The molecule has 2 nitrogen and oxygen atoms in total. The SMILES string of the molecule is NC(Cc1c(F)cccc1Cl)c1ccc(Cl)nc1. The fourth-order valence-corrected chi connectivity index (χ4v) is 2.02. The summed E-state index contributed by atoms with van der Waals surface area (Å²) in [4.78, 5) is 3.95. The first kappa shape index (κ1) is 13.3. The van der Waals surface area contributed by atoms with Crippen LogP contribution in [0, 0.1) is 5.82 Å². The number of pyridine rings is 1. The molecule has 0 radical (unpaired) electrons. The van der Waals surface area contributed by atoms with E-state index in [4.69, 9.17) is 28.9 Å². The fraction of sp³-hybridized carbons (Fsp3) is 0.154. The molecule has 0 bridgehead atoms. The van der Waals surface area contributed by atoms with Crippen molar-refractivity contribution in [1.82, 2.24) is 4.98 Å². The summed E-state index contributed by atoms with van der Waals surface area (Å²) in [7, 11) is 0. The zero-order valence-electron chi connectivity index (χ0n) is 9.41. The van der Waals surface area contributed by atoms with E-state index in [1.54, 1.807) is 30.5 Å². The van der Waals surface area contributed by atoms with Gasteiger partial charge in [-0.25, -0.2) is 9.37 Å². The molecular formula is C13H11Cl2FN2. The molecule has 1 aromatic heterocycles. The van der Waals surface area contributed by atoms with Gasteiger partial charge in [0.2, 0.25) is 0 Å². The lowest BCUT2D eigenvalue weighted by Gasteiger charge is -2.13. The van der Waals surface area contributed by atoms with E-state index in [9.17, 15) is 4.39 Å². The summed E-state index contributed by atoms with van der Waals surface area (Å²) in [5.74, 6) is -0.347. The molecule has 0 saturated heterocycles. The quantitative estimate of drug-likeness (QED) is 0.872. The Hall–Kier alpha value is -1.16. The van der Waals surface area contributed by atoms with E-state index >= 15 is 0 Å². The van der Waals surface area contributed by atoms with Gasteiger partial charge in [0.15, 0.2) is 0 Å². The first-order chi connectivity index (χ1) is 8.58. The van der Waals surface area contributed by atoms with Gasteiger partial charge in [0.1, 0.15) is 11.0 Å². The van der Waals surface area contributed by atoms with Crippen molar-refractivity contribution in [3.05, 3.63) is 63.6 Å². The van der Waals surface area contributed by atoms with Crippen LogP contribution >= 0.6 is 23.2 Å². The summed E-state index contributed by atoms with van der Waals surface area (Å²) in [6, 6.07) is 7.63. The van der Waals surface area contributed by atoms with Crippen molar-refractivity contribution < 1.29 is 4.39 Å². The Bertz CT molecular complexity index is 523. The third kappa shape index (κ3) is 2.99. The van der Waals surface area contributed by atoms with Gasteiger partial charge in [0, 0.05) is 22.8 Å². The van der Waals surface area contributed by atoms with Crippen LogP contribution in [0.4, 0.5) is 4.39 Å². The Morgan fingerprint density at radius 1 is 1.22 bits per heavy atom. The van der Waals surface area contributed by atoms with Crippen molar-refractivity contribution in [3.63, 3.8) is 0 Å². The maximum atomic E-state index is 13.6. The molecule has 5 heteroatoms. The number of nitrogens with two attached hydrogens (primary N) is 1. The molecule has 18 heavy (non-hydrogen) atoms. The van der Waals surface area contributed by atoms with E-state index in [-0.39, 0.29) is 11.9 Å². The zero-order chi connectivity index (χ0) is 13.1. The van der Waals surface area contributed by atoms with E-state index in [0.29, 0.717) is 22.2 Å². The standard InChI is InChI=1S/C13H11Cl2FN2/c14-10-2-1-3-11(16)9(10)6-12(17)8-4-5-13(15)18-7-8/h1-5,7,12H,6,17H2. The predicted molar refractivity (Wildman–Crippen MR) is 71.3 cm³/mol. The molecule has 0 saturated carbocycles. The lowest BCUT2D eigenvalue weighted by molar-refractivity contribution is 0.593. The molecule has 1 atom stereocenters. The van der Waals surface area contributed by atoms with Crippen molar-refractivity contribution >= 4 is 23.2 Å². The summed E-state index contributed by atoms with van der Waals surface area (Å²) >= 11 is 11.6. The molecule has 0 aliphatic heterocycles. The topological polar surface area (TPSA) is 38.9 Å². The average Bonchev–Trinajstić information content (AvgIpc) is 2.34. The maximum absolute atomic E-state index is 13.6. The lowest BCUT2D eigenvalue weighted by atomic mass is 10.0. The Morgan fingerprint density at radius 2 is 2.00 bits per heavy atom.